The summed E-state index contributed by atoms with van der Waals surface area (Å²) in [7, 11) is 0. The molecule has 3 heterocycles. The SMILES string of the molecule is O=C(NCc1cccn2nccc12)c1cc(-c2ccccc2O)n[nH]1. The molecule has 1 amide bonds. The highest BCUT2D eigenvalue weighted by Crippen LogP contribution is 2.27. The third-order valence-corrected chi connectivity index (χ3v) is 3.97. The summed E-state index contributed by atoms with van der Waals surface area (Å²) in [6.07, 6.45) is 3.57. The summed E-state index contributed by atoms with van der Waals surface area (Å²) in [5.74, 6) is -0.149. The quantitative estimate of drug-likeness (QED) is 0.534. The van der Waals surface area contributed by atoms with Gasteiger partial charge in [0.1, 0.15) is 11.4 Å². The van der Waals surface area contributed by atoms with Gasteiger partial charge in [-0.15, -0.1) is 0 Å². The van der Waals surface area contributed by atoms with E-state index in [1.807, 2.05) is 24.4 Å². The van der Waals surface area contributed by atoms with Crippen LogP contribution >= 0.6 is 0 Å². The highest BCUT2D eigenvalue weighted by Gasteiger charge is 2.13. The molecule has 0 aliphatic heterocycles. The molecule has 0 saturated carbocycles. The number of para-hydroxylation sites is 1. The van der Waals surface area contributed by atoms with Crippen LogP contribution in [0.25, 0.3) is 16.8 Å². The number of fused-ring (bicyclic) bond motifs is 1. The fourth-order valence-electron chi connectivity index (χ4n) is 2.70. The van der Waals surface area contributed by atoms with Crippen molar-refractivity contribution in [3.63, 3.8) is 0 Å². The molecule has 4 aromatic rings. The second-order valence-electron chi connectivity index (χ2n) is 5.56. The van der Waals surface area contributed by atoms with Crippen molar-refractivity contribution in [2.45, 2.75) is 6.54 Å². The van der Waals surface area contributed by atoms with Crippen molar-refractivity contribution >= 4 is 11.4 Å². The van der Waals surface area contributed by atoms with Gasteiger partial charge in [0.2, 0.25) is 0 Å². The van der Waals surface area contributed by atoms with Gasteiger partial charge in [0.05, 0.1) is 11.2 Å². The van der Waals surface area contributed by atoms with Crippen LogP contribution in [-0.4, -0.2) is 30.8 Å². The van der Waals surface area contributed by atoms with E-state index in [4.69, 9.17) is 0 Å². The van der Waals surface area contributed by atoms with Crippen molar-refractivity contribution in [2.24, 2.45) is 0 Å². The second kappa shape index (κ2) is 6.12. The Morgan fingerprint density at radius 2 is 2.08 bits per heavy atom. The lowest BCUT2D eigenvalue weighted by Gasteiger charge is -2.05. The van der Waals surface area contributed by atoms with E-state index in [0.717, 1.165) is 11.1 Å². The number of amides is 1. The van der Waals surface area contributed by atoms with Gasteiger partial charge >= 0.3 is 0 Å². The first kappa shape index (κ1) is 14.9. The molecular weight excluding hydrogens is 318 g/mol. The fourth-order valence-corrected chi connectivity index (χ4v) is 2.70. The molecule has 0 aliphatic rings. The largest absolute Gasteiger partial charge is 0.507 e. The zero-order valence-electron chi connectivity index (χ0n) is 13.2. The first-order chi connectivity index (χ1) is 12.2. The van der Waals surface area contributed by atoms with E-state index in [9.17, 15) is 9.90 Å². The molecule has 0 atom stereocenters. The van der Waals surface area contributed by atoms with Gasteiger partial charge in [-0.05, 0) is 35.9 Å². The summed E-state index contributed by atoms with van der Waals surface area (Å²) in [4.78, 5) is 12.4. The van der Waals surface area contributed by atoms with Crippen molar-refractivity contribution in [2.75, 3.05) is 0 Å². The predicted octanol–water partition coefficient (Wildman–Crippen LogP) is 2.36. The molecule has 0 aliphatic carbocycles. The van der Waals surface area contributed by atoms with Gasteiger partial charge in [-0.2, -0.15) is 10.2 Å². The number of carbonyl (C=O) groups excluding carboxylic acids is 1. The van der Waals surface area contributed by atoms with E-state index in [2.05, 4.69) is 20.6 Å². The van der Waals surface area contributed by atoms with Crippen molar-refractivity contribution in [3.05, 3.63) is 72.2 Å². The minimum absolute atomic E-state index is 0.119. The number of H-pyrrole nitrogens is 1. The number of aromatic hydroxyl groups is 1. The van der Waals surface area contributed by atoms with Gasteiger partial charge in [-0.25, -0.2) is 4.52 Å². The number of aromatic nitrogens is 4. The molecule has 0 bridgehead atoms. The minimum atomic E-state index is -0.268. The standard InChI is InChI=1S/C18H15N5O2/c24-17-6-2-1-5-13(17)14-10-15(22-21-14)18(25)19-11-12-4-3-9-23-16(12)7-8-20-23/h1-10,24H,11H2,(H,19,25)(H,21,22). The number of pyridine rings is 1. The van der Waals surface area contributed by atoms with Crippen LogP contribution in [0.1, 0.15) is 16.1 Å². The van der Waals surface area contributed by atoms with Crippen LogP contribution in [0, 0.1) is 0 Å². The van der Waals surface area contributed by atoms with Crippen molar-refractivity contribution in [3.8, 4) is 17.0 Å². The summed E-state index contributed by atoms with van der Waals surface area (Å²) in [5, 5.41) is 23.7. The number of nitrogens with zero attached hydrogens (tertiary/aromatic N) is 3. The number of benzene rings is 1. The molecule has 3 N–H and O–H groups in total. The Balaban J connectivity index is 1.51. The van der Waals surface area contributed by atoms with Gasteiger partial charge < -0.3 is 10.4 Å². The zero-order chi connectivity index (χ0) is 17.2. The van der Waals surface area contributed by atoms with Crippen LogP contribution in [0.3, 0.4) is 0 Å². The summed E-state index contributed by atoms with van der Waals surface area (Å²) < 4.78 is 1.76. The van der Waals surface area contributed by atoms with Crippen LogP contribution in [0.2, 0.25) is 0 Å². The molecule has 0 fully saturated rings. The number of hydrogen-bond acceptors (Lipinski definition) is 4. The number of aromatic amines is 1. The van der Waals surface area contributed by atoms with Crippen LogP contribution < -0.4 is 5.32 Å². The molecule has 3 aromatic heterocycles. The second-order valence-corrected chi connectivity index (χ2v) is 5.56. The Hall–Kier alpha value is -3.61. The monoisotopic (exact) mass is 333 g/mol. The smallest absolute Gasteiger partial charge is 0.269 e. The summed E-state index contributed by atoms with van der Waals surface area (Å²) in [5.41, 5.74) is 3.33. The normalized spacial score (nSPS) is 10.9. The zero-order valence-corrected chi connectivity index (χ0v) is 13.2. The van der Waals surface area contributed by atoms with E-state index in [-0.39, 0.29) is 11.7 Å². The number of rotatable bonds is 4. The average molecular weight is 333 g/mol. The van der Waals surface area contributed by atoms with Gasteiger partial charge in [-0.3, -0.25) is 9.89 Å². The molecule has 4 rings (SSSR count). The molecule has 124 valence electrons. The fraction of sp³-hybridized carbons (Fsp3) is 0.0556. The van der Waals surface area contributed by atoms with Crippen LogP contribution in [0.4, 0.5) is 0 Å². The molecule has 0 unspecified atom stereocenters. The molecule has 25 heavy (non-hydrogen) atoms. The summed E-state index contributed by atoms with van der Waals surface area (Å²) in [6.45, 7) is 0.375. The highest BCUT2D eigenvalue weighted by molar-refractivity contribution is 5.93. The Labute approximate surface area is 142 Å². The minimum Gasteiger partial charge on any atom is -0.507 e. The summed E-state index contributed by atoms with van der Waals surface area (Å²) in [6, 6.07) is 14.2. The maximum atomic E-state index is 12.4. The molecule has 1 aromatic carbocycles. The Morgan fingerprint density at radius 1 is 1.20 bits per heavy atom. The van der Waals surface area contributed by atoms with Gasteiger partial charge in [-0.1, -0.05) is 18.2 Å². The van der Waals surface area contributed by atoms with Crippen LogP contribution in [0.15, 0.2) is 60.9 Å². The Kier molecular flexibility index (Phi) is 3.66. The van der Waals surface area contributed by atoms with Crippen LogP contribution in [-0.2, 0) is 6.54 Å². The number of phenols is 1. The van der Waals surface area contributed by atoms with E-state index < -0.39 is 0 Å². The molecule has 7 heteroatoms. The molecule has 7 nitrogen and oxygen atoms in total. The first-order valence-corrected chi connectivity index (χ1v) is 7.75. The van der Waals surface area contributed by atoms with Crippen molar-refractivity contribution < 1.29 is 9.90 Å². The molecule has 0 saturated heterocycles. The van der Waals surface area contributed by atoms with Crippen molar-refractivity contribution in [1.82, 2.24) is 25.1 Å². The van der Waals surface area contributed by atoms with E-state index in [0.29, 0.717) is 23.5 Å². The summed E-state index contributed by atoms with van der Waals surface area (Å²) >= 11 is 0. The Bertz CT molecular complexity index is 1050. The number of carbonyl (C=O) groups is 1. The lowest BCUT2D eigenvalue weighted by atomic mass is 10.1. The number of nitrogens with one attached hydrogen (secondary N) is 2. The topological polar surface area (TPSA) is 95.3 Å². The number of hydrogen-bond donors (Lipinski definition) is 3. The van der Waals surface area contributed by atoms with E-state index in [1.165, 1.54) is 0 Å². The highest BCUT2D eigenvalue weighted by atomic mass is 16.3. The lowest BCUT2D eigenvalue weighted by Crippen LogP contribution is -2.23. The third kappa shape index (κ3) is 2.83. The lowest BCUT2D eigenvalue weighted by molar-refractivity contribution is 0.0946. The third-order valence-electron chi connectivity index (χ3n) is 3.97. The van der Waals surface area contributed by atoms with E-state index in [1.54, 1.807) is 41.0 Å². The average Bonchev–Trinajstić information content (AvgIpc) is 3.29. The maximum Gasteiger partial charge on any atom is 0.269 e. The van der Waals surface area contributed by atoms with Crippen LogP contribution in [0.5, 0.6) is 5.75 Å². The number of phenolic OH excluding ortho intramolecular Hbond substituents is 1. The van der Waals surface area contributed by atoms with Crippen molar-refractivity contribution in [1.29, 1.82) is 0 Å². The molecular formula is C18H15N5O2. The van der Waals surface area contributed by atoms with Gasteiger partial charge in [0.25, 0.3) is 5.91 Å². The molecule has 0 spiro atoms. The predicted molar refractivity (Wildman–Crippen MR) is 92.1 cm³/mol. The molecule has 0 radical (unpaired) electrons. The van der Waals surface area contributed by atoms with Gasteiger partial charge in [0.15, 0.2) is 0 Å². The maximum absolute atomic E-state index is 12.4. The Morgan fingerprint density at radius 3 is 2.96 bits per heavy atom. The first-order valence-electron chi connectivity index (χ1n) is 7.75. The van der Waals surface area contributed by atoms with E-state index >= 15 is 0 Å². The van der Waals surface area contributed by atoms with Gasteiger partial charge in [0, 0.05) is 24.5 Å².